The van der Waals surface area contributed by atoms with Crippen LogP contribution in [0.25, 0.3) is 5.69 Å². The smallest absolute Gasteiger partial charge is 0.240 e. The first-order valence-corrected chi connectivity index (χ1v) is 11.9. The van der Waals surface area contributed by atoms with Gasteiger partial charge in [-0.3, -0.25) is 9.59 Å². The van der Waals surface area contributed by atoms with Gasteiger partial charge >= 0.3 is 0 Å². The number of thioether (sulfide) groups is 1. The first-order chi connectivity index (χ1) is 16.3. The molecule has 4 rings (SSSR count). The van der Waals surface area contributed by atoms with Crippen molar-refractivity contribution in [2.24, 2.45) is 10.2 Å². The van der Waals surface area contributed by atoms with Crippen LogP contribution >= 0.6 is 35.0 Å². The maximum Gasteiger partial charge on any atom is 0.240 e. The molecule has 0 bridgehead atoms. The molecule has 1 fully saturated rings. The number of carbonyl (C=O) groups excluding carboxylic acids is 2. The van der Waals surface area contributed by atoms with Gasteiger partial charge in [-0.25, -0.2) is 4.68 Å². The third-order valence-electron chi connectivity index (χ3n) is 4.92. The molecule has 2 aromatic carbocycles. The molecule has 2 amide bonds. The van der Waals surface area contributed by atoms with Crippen LogP contribution in [0, 0.1) is 13.8 Å². The number of benzene rings is 2. The first kappa shape index (κ1) is 24.0. The van der Waals surface area contributed by atoms with Gasteiger partial charge in [-0.05, 0) is 44.2 Å². The van der Waals surface area contributed by atoms with E-state index in [-0.39, 0.29) is 18.2 Å². The molecule has 0 saturated carbocycles. The van der Waals surface area contributed by atoms with Crippen LogP contribution in [0.1, 0.15) is 23.2 Å². The first-order valence-electron chi connectivity index (χ1n) is 10.3. The van der Waals surface area contributed by atoms with E-state index in [4.69, 9.17) is 23.2 Å². The van der Waals surface area contributed by atoms with Gasteiger partial charge in [-0.1, -0.05) is 58.7 Å². The van der Waals surface area contributed by atoms with Gasteiger partial charge in [0.05, 0.1) is 23.2 Å². The highest BCUT2D eigenvalue weighted by Crippen LogP contribution is 2.25. The summed E-state index contributed by atoms with van der Waals surface area (Å²) in [6.45, 7) is 3.77. The molecular weight excluding hydrogens is 495 g/mol. The van der Waals surface area contributed by atoms with Crippen LogP contribution in [0.2, 0.25) is 10.2 Å². The minimum Gasteiger partial charge on any atom is -0.326 e. The summed E-state index contributed by atoms with van der Waals surface area (Å²) in [7, 11) is 0. The Morgan fingerprint density at radius 2 is 2.00 bits per heavy atom. The van der Waals surface area contributed by atoms with E-state index in [1.165, 1.54) is 6.21 Å². The van der Waals surface area contributed by atoms with E-state index in [0.717, 1.165) is 23.0 Å². The maximum atomic E-state index is 12.3. The Bertz CT molecular complexity index is 1300. The average Bonchev–Trinajstić information content (AvgIpc) is 3.28. The zero-order chi connectivity index (χ0) is 24.2. The van der Waals surface area contributed by atoms with Gasteiger partial charge in [-0.2, -0.15) is 10.2 Å². The van der Waals surface area contributed by atoms with Crippen molar-refractivity contribution in [1.29, 1.82) is 0 Å². The largest absolute Gasteiger partial charge is 0.326 e. The highest BCUT2D eigenvalue weighted by Gasteiger charge is 2.32. The SMILES string of the molecule is Cc1ccc(NC(=O)CC2S/C(=N\N=C\c3c(C)nn(-c4cccc(Cl)c4)c3Cl)NC2=O)cc1. The van der Waals surface area contributed by atoms with Gasteiger partial charge in [0.2, 0.25) is 11.8 Å². The number of hydrogen-bond donors (Lipinski definition) is 2. The summed E-state index contributed by atoms with van der Waals surface area (Å²) in [4.78, 5) is 24.6. The van der Waals surface area contributed by atoms with Crippen molar-refractivity contribution in [2.75, 3.05) is 5.32 Å². The Balaban J connectivity index is 1.40. The third kappa shape index (κ3) is 5.67. The van der Waals surface area contributed by atoms with Crippen molar-refractivity contribution in [3.8, 4) is 5.69 Å². The molecule has 0 radical (unpaired) electrons. The second-order valence-electron chi connectivity index (χ2n) is 7.55. The van der Waals surface area contributed by atoms with Gasteiger partial charge in [0.1, 0.15) is 10.4 Å². The molecule has 8 nitrogen and oxygen atoms in total. The number of amidine groups is 1. The van der Waals surface area contributed by atoms with Gasteiger partial charge in [-0.15, -0.1) is 5.10 Å². The molecule has 2 N–H and O–H groups in total. The van der Waals surface area contributed by atoms with Crippen LogP contribution in [0.3, 0.4) is 0 Å². The number of halogens is 2. The van der Waals surface area contributed by atoms with E-state index in [0.29, 0.717) is 32.3 Å². The lowest BCUT2D eigenvalue weighted by Crippen LogP contribution is -2.28. The Labute approximate surface area is 210 Å². The van der Waals surface area contributed by atoms with Crippen LogP contribution < -0.4 is 10.6 Å². The standard InChI is InChI=1S/C23H20Cl2N6O2S/c1-13-6-8-16(9-7-13)27-20(32)11-19-22(33)28-23(34-19)29-26-12-18-14(2)30-31(21(18)25)17-5-3-4-15(24)10-17/h3-10,12,19H,11H2,1-2H3,(H,27,32)(H,28,29,33)/b26-12+. The number of aromatic nitrogens is 2. The fraction of sp³-hybridized carbons (Fsp3) is 0.174. The van der Waals surface area contributed by atoms with Crippen LogP contribution in [0.4, 0.5) is 5.69 Å². The lowest BCUT2D eigenvalue weighted by atomic mass is 10.2. The molecule has 0 aliphatic carbocycles. The Morgan fingerprint density at radius 3 is 2.74 bits per heavy atom. The molecular formula is C23H20Cl2N6O2S. The highest BCUT2D eigenvalue weighted by atomic mass is 35.5. The second-order valence-corrected chi connectivity index (χ2v) is 9.53. The minimum atomic E-state index is -0.588. The summed E-state index contributed by atoms with van der Waals surface area (Å²) in [6.07, 6.45) is 1.49. The van der Waals surface area contributed by atoms with Crippen LogP contribution in [0.15, 0.2) is 58.7 Å². The Morgan fingerprint density at radius 1 is 1.24 bits per heavy atom. The number of aryl methyl sites for hydroxylation is 2. The molecule has 11 heteroatoms. The summed E-state index contributed by atoms with van der Waals surface area (Å²) in [5.74, 6) is -0.543. The van der Waals surface area contributed by atoms with Gasteiger partial charge in [0, 0.05) is 17.1 Å². The van der Waals surface area contributed by atoms with Crippen molar-refractivity contribution in [2.45, 2.75) is 25.5 Å². The lowest BCUT2D eigenvalue weighted by molar-refractivity contribution is -0.122. The molecule has 0 spiro atoms. The zero-order valence-electron chi connectivity index (χ0n) is 18.3. The summed E-state index contributed by atoms with van der Waals surface area (Å²) in [5.41, 5.74) is 3.75. The zero-order valence-corrected chi connectivity index (χ0v) is 20.6. The summed E-state index contributed by atoms with van der Waals surface area (Å²) >= 11 is 13.7. The highest BCUT2D eigenvalue weighted by molar-refractivity contribution is 8.15. The van der Waals surface area contributed by atoms with Crippen molar-refractivity contribution in [3.05, 3.63) is 75.5 Å². The molecule has 1 atom stereocenters. The van der Waals surface area contributed by atoms with Crippen molar-refractivity contribution in [3.63, 3.8) is 0 Å². The molecule has 2 heterocycles. The number of amides is 2. The quantitative estimate of drug-likeness (QED) is 0.366. The predicted molar refractivity (Wildman–Crippen MR) is 137 cm³/mol. The van der Waals surface area contributed by atoms with Gasteiger partial charge < -0.3 is 10.6 Å². The number of nitrogens with one attached hydrogen (secondary N) is 2. The van der Waals surface area contributed by atoms with E-state index in [2.05, 4.69) is 25.9 Å². The molecule has 1 unspecified atom stereocenters. The Hall–Kier alpha value is -3.14. The van der Waals surface area contributed by atoms with E-state index >= 15 is 0 Å². The molecule has 174 valence electrons. The fourth-order valence-corrected chi connectivity index (χ4v) is 4.61. The van der Waals surface area contributed by atoms with Crippen LogP contribution in [-0.2, 0) is 9.59 Å². The number of anilines is 1. The molecule has 34 heavy (non-hydrogen) atoms. The molecule has 1 aromatic heterocycles. The third-order valence-corrected chi connectivity index (χ3v) is 6.59. The van der Waals surface area contributed by atoms with E-state index in [1.54, 1.807) is 23.7 Å². The predicted octanol–water partition coefficient (Wildman–Crippen LogP) is 4.75. The Kier molecular flexibility index (Phi) is 7.35. The molecule has 1 saturated heterocycles. The maximum absolute atomic E-state index is 12.3. The summed E-state index contributed by atoms with van der Waals surface area (Å²) in [6, 6.07) is 14.6. The fourth-order valence-electron chi connectivity index (χ4n) is 3.18. The van der Waals surface area contributed by atoms with E-state index in [1.807, 2.05) is 43.3 Å². The van der Waals surface area contributed by atoms with Crippen LogP contribution in [-0.4, -0.2) is 38.2 Å². The number of hydrogen-bond acceptors (Lipinski definition) is 6. The number of rotatable bonds is 6. The van der Waals surface area contributed by atoms with Gasteiger partial charge in [0.15, 0.2) is 5.17 Å². The normalized spacial score (nSPS) is 16.9. The van der Waals surface area contributed by atoms with Crippen molar-refractivity contribution < 1.29 is 9.59 Å². The monoisotopic (exact) mass is 514 g/mol. The molecule has 1 aliphatic rings. The topological polar surface area (TPSA) is 101 Å². The van der Waals surface area contributed by atoms with Gasteiger partial charge in [0.25, 0.3) is 0 Å². The minimum absolute atomic E-state index is 0.0183. The van der Waals surface area contributed by atoms with E-state index < -0.39 is 5.25 Å². The van der Waals surface area contributed by atoms with Crippen molar-refractivity contribution >= 4 is 63.8 Å². The number of carbonyl (C=O) groups is 2. The molecule has 1 aliphatic heterocycles. The van der Waals surface area contributed by atoms with E-state index in [9.17, 15) is 9.59 Å². The van der Waals surface area contributed by atoms with Crippen molar-refractivity contribution in [1.82, 2.24) is 15.1 Å². The molecule has 3 aromatic rings. The second kappa shape index (κ2) is 10.4. The summed E-state index contributed by atoms with van der Waals surface area (Å²) < 4.78 is 1.56. The van der Waals surface area contributed by atoms with Crippen LogP contribution in [0.5, 0.6) is 0 Å². The lowest BCUT2D eigenvalue weighted by Gasteiger charge is -2.07. The number of nitrogens with zero attached hydrogens (tertiary/aromatic N) is 4. The average molecular weight is 515 g/mol. The summed E-state index contributed by atoms with van der Waals surface area (Å²) in [5, 5.41) is 18.6.